The fourth-order valence-electron chi connectivity index (χ4n) is 3.06. The zero-order valence-corrected chi connectivity index (χ0v) is 14.9. The number of aliphatic hydroxyl groups excluding tert-OH is 1. The highest BCUT2D eigenvalue weighted by Gasteiger charge is 2.45. The average Bonchev–Trinajstić information content (AvgIpc) is 2.57. The van der Waals surface area contributed by atoms with Gasteiger partial charge in [0.15, 0.2) is 0 Å². The summed E-state index contributed by atoms with van der Waals surface area (Å²) in [7, 11) is 0. The third-order valence-corrected chi connectivity index (χ3v) is 4.60. The molecule has 142 valence electrons. The lowest BCUT2D eigenvalue weighted by Crippen LogP contribution is -2.52. The predicted octanol–water partition coefficient (Wildman–Crippen LogP) is 2.44. The molecule has 2 atom stereocenters. The Morgan fingerprint density at radius 2 is 1.89 bits per heavy atom. The van der Waals surface area contributed by atoms with Crippen molar-refractivity contribution in [1.82, 2.24) is 4.57 Å². The molecule has 1 aliphatic rings. The van der Waals surface area contributed by atoms with E-state index in [1.54, 1.807) is 13.8 Å². The molecule has 3 rings (SSSR count). The van der Waals surface area contributed by atoms with Crippen molar-refractivity contribution in [2.45, 2.75) is 31.6 Å². The van der Waals surface area contributed by atoms with Crippen LogP contribution in [-0.2, 0) is 0 Å². The zero-order valence-electron chi connectivity index (χ0n) is 14.2. The monoisotopic (exact) mass is 395 g/mol. The number of aliphatic hydroxyl groups is 1. The van der Waals surface area contributed by atoms with Gasteiger partial charge in [0.2, 0.25) is 0 Å². The standard InChI is InChI=1S/C16H14ClN3O7/c1-16(2)14(21)13(10-6-9(19(23)24)3-4-12(10)27-16)18-7-8(17)5-11(15(18)22)20(25)26/h3-7,13-14,21H,1-2H3. The molecule has 1 aromatic carbocycles. The highest BCUT2D eigenvalue weighted by Crippen LogP contribution is 2.43. The molecule has 1 N–H and O–H groups in total. The number of non-ortho nitro benzene ring substituents is 1. The van der Waals surface area contributed by atoms with Crippen LogP contribution < -0.4 is 10.3 Å². The van der Waals surface area contributed by atoms with Crippen LogP contribution in [0.5, 0.6) is 5.75 Å². The van der Waals surface area contributed by atoms with Crippen LogP contribution in [0.3, 0.4) is 0 Å². The number of hydrogen-bond donors (Lipinski definition) is 1. The second kappa shape index (κ2) is 6.32. The minimum atomic E-state index is -1.34. The number of pyridine rings is 1. The lowest BCUT2D eigenvalue weighted by molar-refractivity contribution is -0.386. The molecule has 2 aromatic rings. The number of nitrogens with zero attached hydrogens (tertiary/aromatic N) is 3. The molecule has 0 amide bonds. The van der Waals surface area contributed by atoms with E-state index in [1.165, 1.54) is 12.1 Å². The van der Waals surface area contributed by atoms with E-state index >= 15 is 0 Å². The molecule has 2 unspecified atom stereocenters. The van der Waals surface area contributed by atoms with Gasteiger partial charge in [-0.2, -0.15) is 0 Å². The van der Waals surface area contributed by atoms with Gasteiger partial charge in [0.25, 0.3) is 5.69 Å². The van der Waals surface area contributed by atoms with Crippen molar-refractivity contribution in [3.8, 4) is 5.75 Å². The van der Waals surface area contributed by atoms with Crippen LogP contribution >= 0.6 is 11.6 Å². The van der Waals surface area contributed by atoms with Crippen molar-refractivity contribution in [2.24, 2.45) is 0 Å². The summed E-state index contributed by atoms with van der Waals surface area (Å²) in [5.41, 5.74) is -3.08. The molecule has 10 nitrogen and oxygen atoms in total. The van der Waals surface area contributed by atoms with E-state index in [0.29, 0.717) is 0 Å². The molecule has 0 aliphatic carbocycles. The van der Waals surface area contributed by atoms with Crippen LogP contribution in [0.15, 0.2) is 35.3 Å². The van der Waals surface area contributed by atoms with Gasteiger partial charge >= 0.3 is 11.2 Å². The maximum Gasteiger partial charge on any atom is 0.335 e. The second-order valence-electron chi connectivity index (χ2n) is 6.59. The predicted molar refractivity (Wildman–Crippen MR) is 94.3 cm³/mol. The van der Waals surface area contributed by atoms with Crippen LogP contribution in [0.25, 0.3) is 0 Å². The Balaban J connectivity index is 2.32. The van der Waals surface area contributed by atoms with Crippen LogP contribution in [0.4, 0.5) is 11.4 Å². The van der Waals surface area contributed by atoms with E-state index in [1.807, 2.05) is 0 Å². The van der Waals surface area contributed by atoms with Crippen LogP contribution in [0, 0.1) is 20.2 Å². The van der Waals surface area contributed by atoms with Gasteiger partial charge in [-0.25, -0.2) is 0 Å². The molecule has 0 saturated heterocycles. The molecule has 11 heteroatoms. The number of benzene rings is 1. The third kappa shape index (κ3) is 3.13. The minimum Gasteiger partial charge on any atom is -0.485 e. The van der Waals surface area contributed by atoms with Crippen molar-refractivity contribution < 1.29 is 19.7 Å². The number of nitro benzene ring substituents is 1. The van der Waals surface area contributed by atoms with E-state index in [2.05, 4.69) is 0 Å². The maximum atomic E-state index is 12.6. The Hall–Kier alpha value is -2.98. The average molecular weight is 396 g/mol. The van der Waals surface area contributed by atoms with Gasteiger partial charge in [-0.05, 0) is 19.9 Å². The fraction of sp³-hybridized carbons (Fsp3) is 0.312. The first-order valence-electron chi connectivity index (χ1n) is 7.74. The molecule has 0 radical (unpaired) electrons. The van der Waals surface area contributed by atoms with Crippen LogP contribution in [-0.4, -0.2) is 31.2 Å². The van der Waals surface area contributed by atoms with Gasteiger partial charge < -0.3 is 9.84 Å². The second-order valence-corrected chi connectivity index (χ2v) is 7.02. The van der Waals surface area contributed by atoms with E-state index in [9.17, 15) is 30.1 Å². The number of hydrogen-bond acceptors (Lipinski definition) is 7. The Labute approximate surface area is 156 Å². The summed E-state index contributed by atoms with van der Waals surface area (Å²) in [6.45, 7) is 3.14. The number of nitro groups is 2. The van der Waals surface area contributed by atoms with Crippen molar-refractivity contribution in [3.63, 3.8) is 0 Å². The van der Waals surface area contributed by atoms with Gasteiger partial charge in [0.05, 0.1) is 20.9 Å². The summed E-state index contributed by atoms with van der Waals surface area (Å²) in [4.78, 5) is 33.4. The third-order valence-electron chi connectivity index (χ3n) is 4.39. The lowest BCUT2D eigenvalue weighted by Gasteiger charge is -2.42. The number of rotatable bonds is 3. The zero-order chi connectivity index (χ0) is 20.1. The summed E-state index contributed by atoms with van der Waals surface area (Å²) in [6, 6.07) is 3.49. The van der Waals surface area contributed by atoms with Crippen LogP contribution in [0.2, 0.25) is 5.02 Å². The summed E-state index contributed by atoms with van der Waals surface area (Å²) in [5, 5.41) is 33.0. The van der Waals surface area contributed by atoms with Gasteiger partial charge in [0, 0.05) is 30.0 Å². The summed E-state index contributed by atoms with van der Waals surface area (Å²) >= 11 is 5.93. The molecule has 0 bridgehead atoms. The highest BCUT2D eigenvalue weighted by atomic mass is 35.5. The summed E-state index contributed by atoms with van der Waals surface area (Å²) in [5.74, 6) is 0.218. The first-order valence-corrected chi connectivity index (χ1v) is 8.12. The molecular formula is C16H14ClN3O7. The summed E-state index contributed by atoms with van der Waals surface area (Å²) in [6.07, 6.45) is -0.197. The minimum absolute atomic E-state index is 0.0928. The Bertz CT molecular complexity index is 1020. The lowest BCUT2D eigenvalue weighted by atomic mass is 9.86. The van der Waals surface area contributed by atoms with Gasteiger partial charge in [0.1, 0.15) is 17.5 Å². The smallest absolute Gasteiger partial charge is 0.335 e. The highest BCUT2D eigenvalue weighted by molar-refractivity contribution is 6.30. The van der Waals surface area contributed by atoms with Gasteiger partial charge in [-0.15, -0.1) is 0 Å². The van der Waals surface area contributed by atoms with Crippen molar-refractivity contribution in [1.29, 1.82) is 0 Å². The van der Waals surface area contributed by atoms with E-state index in [-0.39, 0.29) is 22.0 Å². The van der Waals surface area contributed by atoms with Crippen LogP contribution in [0.1, 0.15) is 25.5 Å². The SMILES string of the molecule is CC1(C)Oc2ccc([N+](=O)[O-])cc2C(n2cc(Cl)cc([N+](=O)[O-])c2=O)C1O. The molecule has 0 spiro atoms. The first kappa shape index (κ1) is 18.8. The largest absolute Gasteiger partial charge is 0.485 e. The van der Waals surface area contributed by atoms with Gasteiger partial charge in [-0.3, -0.25) is 29.6 Å². The molecular weight excluding hydrogens is 382 g/mol. The Morgan fingerprint density at radius 3 is 2.48 bits per heavy atom. The number of fused-ring (bicyclic) bond motifs is 1. The molecule has 1 aromatic heterocycles. The molecule has 2 heterocycles. The van der Waals surface area contributed by atoms with Crippen molar-refractivity contribution >= 4 is 23.0 Å². The quantitative estimate of drug-likeness (QED) is 0.622. The van der Waals surface area contributed by atoms with Crippen molar-refractivity contribution in [2.75, 3.05) is 0 Å². The van der Waals surface area contributed by atoms with E-state index in [4.69, 9.17) is 16.3 Å². The van der Waals surface area contributed by atoms with Crippen molar-refractivity contribution in [3.05, 3.63) is 71.6 Å². The number of aromatic nitrogens is 1. The molecule has 1 aliphatic heterocycles. The fourth-order valence-corrected chi connectivity index (χ4v) is 3.27. The number of ether oxygens (including phenoxy) is 1. The normalized spacial score (nSPS) is 20.4. The van der Waals surface area contributed by atoms with E-state index in [0.717, 1.165) is 22.9 Å². The topological polar surface area (TPSA) is 138 Å². The number of halogens is 1. The molecule has 27 heavy (non-hydrogen) atoms. The summed E-state index contributed by atoms with van der Waals surface area (Å²) < 4.78 is 6.63. The van der Waals surface area contributed by atoms with Gasteiger partial charge in [-0.1, -0.05) is 11.6 Å². The first-order chi connectivity index (χ1) is 12.5. The van der Waals surface area contributed by atoms with E-state index < -0.39 is 38.8 Å². The molecule has 0 fully saturated rings. The maximum absolute atomic E-state index is 12.6. The Morgan fingerprint density at radius 1 is 1.22 bits per heavy atom. The Kier molecular flexibility index (Phi) is 4.40. The molecule has 0 saturated carbocycles.